The van der Waals surface area contributed by atoms with Crippen molar-refractivity contribution >= 4 is 21.8 Å². The van der Waals surface area contributed by atoms with Gasteiger partial charge >= 0.3 is 0 Å². The first-order valence-corrected chi connectivity index (χ1v) is 9.33. The van der Waals surface area contributed by atoms with Crippen molar-refractivity contribution in [2.24, 2.45) is 0 Å². The number of likely N-dealkylation sites (N-methyl/N-ethyl adjacent to an activating group) is 1. The third-order valence-electron chi connectivity index (χ3n) is 4.64. The fraction of sp³-hybridized carbons (Fsp3) is 0.500. The number of carbonyl (C=O) groups is 2. The van der Waals surface area contributed by atoms with Crippen molar-refractivity contribution in [2.75, 3.05) is 33.2 Å². The Morgan fingerprint density at radius 1 is 1.04 bits per heavy atom. The lowest BCUT2D eigenvalue weighted by Crippen LogP contribution is -2.55. The van der Waals surface area contributed by atoms with E-state index in [0.29, 0.717) is 19.5 Å². The summed E-state index contributed by atoms with van der Waals surface area (Å²) >= 11 is 0. The maximum atomic E-state index is 12.7. The molecule has 1 aromatic carbocycles. The molecule has 0 bridgehead atoms. The standard InChI is InChI=1S/C16H21N3O4S/c1-12-3-5-14(6-4-12)24(22,23)18-7-8-19(16(21)11-18)13-9-15(20)17(2)10-13/h3-6,13H,7-11H2,1-2H3. The van der Waals surface area contributed by atoms with Crippen LogP contribution in [-0.4, -0.2) is 73.6 Å². The van der Waals surface area contributed by atoms with Gasteiger partial charge in [-0.1, -0.05) is 17.7 Å². The minimum Gasteiger partial charge on any atom is -0.344 e. The monoisotopic (exact) mass is 351 g/mol. The van der Waals surface area contributed by atoms with Gasteiger partial charge in [0.05, 0.1) is 17.5 Å². The molecule has 8 heteroatoms. The minimum atomic E-state index is -3.67. The minimum absolute atomic E-state index is 0.0162. The van der Waals surface area contributed by atoms with Crippen molar-refractivity contribution in [1.29, 1.82) is 0 Å². The molecule has 0 aliphatic carbocycles. The van der Waals surface area contributed by atoms with E-state index in [2.05, 4.69) is 0 Å². The normalized spacial score (nSPS) is 23.2. The van der Waals surface area contributed by atoms with Crippen molar-refractivity contribution in [1.82, 2.24) is 14.1 Å². The first-order valence-electron chi connectivity index (χ1n) is 7.89. The zero-order valence-electron chi connectivity index (χ0n) is 13.8. The summed E-state index contributed by atoms with van der Waals surface area (Å²) in [4.78, 5) is 27.5. The van der Waals surface area contributed by atoms with Gasteiger partial charge in [0.15, 0.2) is 0 Å². The lowest BCUT2D eigenvalue weighted by Gasteiger charge is -2.36. The molecule has 2 aliphatic rings. The van der Waals surface area contributed by atoms with Crippen molar-refractivity contribution < 1.29 is 18.0 Å². The molecule has 0 saturated carbocycles. The Bertz CT molecular complexity index is 760. The van der Waals surface area contributed by atoms with E-state index in [-0.39, 0.29) is 35.8 Å². The second-order valence-electron chi connectivity index (χ2n) is 6.37. The molecule has 2 aliphatic heterocycles. The van der Waals surface area contributed by atoms with E-state index < -0.39 is 10.0 Å². The third-order valence-corrected chi connectivity index (χ3v) is 6.50. The highest BCUT2D eigenvalue weighted by Gasteiger charge is 2.39. The highest BCUT2D eigenvalue weighted by Crippen LogP contribution is 2.22. The van der Waals surface area contributed by atoms with E-state index in [1.54, 1.807) is 41.1 Å². The van der Waals surface area contributed by atoms with E-state index in [9.17, 15) is 18.0 Å². The Balaban J connectivity index is 1.72. The van der Waals surface area contributed by atoms with Crippen molar-refractivity contribution in [3.8, 4) is 0 Å². The van der Waals surface area contributed by atoms with Gasteiger partial charge in [0, 0.05) is 33.1 Å². The molecule has 24 heavy (non-hydrogen) atoms. The van der Waals surface area contributed by atoms with E-state index >= 15 is 0 Å². The topological polar surface area (TPSA) is 78.0 Å². The van der Waals surface area contributed by atoms with Crippen LogP contribution in [0.2, 0.25) is 0 Å². The molecule has 130 valence electrons. The summed E-state index contributed by atoms with van der Waals surface area (Å²) in [5, 5.41) is 0. The molecule has 1 atom stereocenters. The van der Waals surface area contributed by atoms with Crippen LogP contribution in [0.3, 0.4) is 0 Å². The van der Waals surface area contributed by atoms with Gasteiger partial charge in [0.25, 0.3) is 0 Å². The molecule has 2 saturated heterocycles. The van der Waals surface area contributed by atoms with Crippen LogP contribution in [-0.2, 0) is 19.6 Å². The zero-order valence-corrected chi connectivity index (χ0v) is 14.6. The summed E-state index contributed by atoms with van der Waals surface area (Å²) in [6, 6.07) is 6.45. The maximum absolute atomic E-state index is 12.7. The first kappa shape index (κ1) is 16.9. The number of nitrogens with zero attached hydrogens (tertiary/aromatic N) is 3. The predicted octanol–water partition coefficient (Wildman–Crippen LogP) is 0.0586. The Morgan fingerprint density at radius 3 is 2.25 bits per heavy atom. The van der Waals surface area contributed by atoms with Crippen LogP contribution >= 0.6 is 0 Å². The lowest BCUT2D eigenvalue weighted by molar-refractivity contribution is -0.136. The third kappa shape index (κ3) is 3.03. The molecule has 0 N–H and O–H groups in total. The quantitative estimate of drug-likeness (QED) is 0.771. The molecule has 1 unspecified atom stereocenters. The highest BCUT2D eigenvalue weighted by atomic mass is 32.2. The molecule has 0 radical (unpaired) electrons. The van der Waals surface area contributed by atoms with Gasteiger partial charge in [-0.2, -0.15) is 4.31 Å². The number of piperazine rings is 1. The van der Waals surface area contributed by atoms with Crippen LogP contribution in [0.1, 0.15) is 12.0 Å². The molecule has 3 rings (SSSR count). The number of likely N-dealkylation sites (tertiary alicyclic amines) is 1. The fourth-order valence-electron chi connectivity index (χ4n) is 3.16. The number of hydrogen-bond donors (Lipinski definition) is 0. The van der Waals surface area contributed by atoms with Crippen LogP contribution in [0.4, 0.5) is 0 Å². The summed E-state index contributed by atoms with van der Waals surface area (Å²) in [5.41, 5.74) is 0.977. The van der Waals surface area contributed by atoms with Gasteiger partial charge in [-0.25, -0.2) is 8.42 Å². The summed E-state index contributed by atoms with van der Waals surface area (Å²) in [7, 11) is -1.96. The van der Waals surface area contributed by atoms with Gasteiger partial charge in [-0.3, -0.25) is 9.59 Å². The molecule has 0 spiro atoms. The number of amides is 2. The Labute approximate surface area is 141 Å². The first-order chi connectivity index (χ1) is 11.3. The van der Waals surface area contributed by atoms with Gasteiger partial charge in [0.1, 0.15) is 0 Å². The number of carbonyl (C=O) groups excluding carboxylic acids is 2. The summed E-state index contributed by atoms with van der Waals surface area (Å²) < 4.78 is 26.6. The largest absolute Gasteiger partial charge is 0.344 e. The second kappa shape index (κ2) is 6.18. The zero-order chi connectivity index (χ0) is 17.5. The molecule has 0 aromatic heterocycles. The van der Waals surface area contributed by atoms with Crippen LogP contribution in [0.25, 0.3) is 0 Å². The molecular formula is C16H21N3O4S. The smallest absolute Gasteiger partial charge is 0.243 e. The SMILES string of the molecule is Cc1ccc(S(=O)(=O)N2CCN(C3CC(=O)N(C)C3)C(=O)C2)cc1. The van der Waals surface area contributed by atoms with Crippen molar-refractivity contribution in [2.45, 2.75) is 24.3 Å². The Morgan fingerprint density at radius 2 is 1.71 bits per heavy atom. The number of rotatable bonds is 3. The molecule has 2 fully saturated rings. The molecule has 7 nitrogen and oxygen atoms in total. The van der Waals surface area contributed by atoms with Gasteiger partial charge in [-0.05, 0) is 19.1 Å². The molecule has 1 aromatic rings. The average molecular weight is 351 g/mol. The van der Waals surface area contributed by atoms with E-state index in [1.165, 1.54) is 4.31 Å². The predicted molar refractivity (Wildman–Crippen MR) is 87.7 cm³/mol. The number of sulfonamides is 1. The van der Waals surface area contributed by atoms with Crippen LogP contribution in [0.15, 0.2) is 29.2 Å². The summed E-state index contributed by atoms with van der Waals surface area (Å²) in [6.45, 7) is 2.78. The van der Waals surface area contributed by atoms with E-state index in [0.717, 1.165) is 5.56 Å². The Hall–Kier alpha value is -1.93. The lowest BCUT2D eigenvalue weighted by atomic mass is 10.2. The molecule has 2 amide bonds. The van der Waals surface area contributed by atoms with E-state index in [1.807, 2.05) is 6.92 Å². The van der Waals surface area contributed by atoms with Crippen LogP contribution in [0, 0.1) is 6.92 Å². The Kier molecular flexibility index (Phi) is 4.35. The number of aryl methyl sites for hydroxylation is 1. The summed E-state index contributed by atoms with van der Waals surface area (Å²) in [5.74, 6) is -0.229. The molecule has 2 heterocycles. The van der Waals surface area contributed by atoms with Crippen LogP contribution in [0.5, 0.6) is 0 Å². The van der Waals surface area contributed by atoms with Crippen LogP contribution < -0.4 is 0 Å². The van der Waals surface area contributed by atoms with Crippen molar-refractivity contribution in [3.05, 3.63) is 29.8 Å². The fourth-order valence-corrected chi connectivity index (χ4v) is 4.54. The van der Waals surface area contributed by atoms with E-state index in [4.69, 9.17) is 0 Å². The number of benzene rings is 1. The average Bonchev–Trinajstić information content (AvgIpc) is 2.86. The second-order valence-corrected chi connectivity index (χ2v) is 8.31. The highest BCUT2D eigenvalue weighted by molar-refractivity contribution is 7.89. The van der Waals surface area contributed by atoms with Gasteiger partial charge in [0.2, 0.25) is 21.8 Å². The summed E-state index contributed by atoms with van der Waals surface area (Å²) in [6.07, 6.45) is 0.312. The molecular weight excluding hydrogens is 330 g/mol. The van der Waals surface area contributed by atoms with Gasteiger partial charge in [-0.15, -0.1) is 0 Å². The maximum Gasteiger partial charge on any atom is 0.243 e. The number of hydrogen-bond acceptors (Lipinski definition) is 4. The van der Waals surface area contributed by atoms with Gasteiger partial charge < -0.3 is 9.80 Å². The van der Waals surface area contributed by atoms with Crippen molar-refractivity contribution in [3.63, 3.8) is 0 Å².